The molecule has 0 spiro atoms. The van der Waals surface area contributed by atoms with Crippen molar-refractivity contribution < 1.29 is 9.13 Å². The van der Waals surface area contributed by atoms with Gasteiger partial charge in [0, 0.05) is 18.4 Å². The summed E-state index contributed by atoms with van der Waals surface area (Å²) in [5, 5.41) is 3.42. The minimum atomic E-state index is -0.338. The summed E-state index contributed by atoms with van der Waals surface area (Å²) in [6.45, 7) is 2.90. The molecule has 0 saturated carbocycles. The fourth-order valence-corrected chi connectivity index (χ4v) is 2.20. The van der Waals surface area contributed by atoms with Crippen molar-refractivity contribution in [1.82, 2.24) is 10.3 Å². The lowest BCUT2D eigenvalue weighted by Gasteiger charge is -2.19. The van der Waals surface area contributed by atoms with Gasteiger partial charge in [0.2, 0.25) is 0 Å². The highest BCUT2D eigenvalue weighted by molar-refractivity contribution is 5.33. The molecule has 0 aliphatic carbocycles. The summed E-state index contributed by atoms with van der Waals surface area (Å²) >= 11 is 0. The van der Waals surface area contributed by atoms with E-state index in [0.717, 1.165) is 18.5 Å². The number of nitrogens with zero attached hydrogens (tertiary/aromatic N) is 1. The third kappa shape index (κ3) is 3.54. The van der Waals surface area contributed by atoms with E-state index in [9.17, 15) is 4.39 Å². The number of likely N-dealkylation sites (N-methyl/N-ethyl adjacent to an activating group) is 1. The first-order valence-electron chi connectivity index (χ1n) is 6.70. The van der Waals surface area contributed by atoms with Gasteiger partial charge in [0.1, 0.15) is 0 Å². The highest BCUT2D eigenvalue weighted by atomic mass is 19.1. The number of halogens is 1. The number of benzene rings is 1. The van der Waals surface area contributed by atoms with Crippen LogP contribution in [0.3, 0.4) is 0 Å². The maximum absolute atomic E-state index is 13.5. The second-order valence-corrected chi connectivity index (χ2v) is 4.56. The lowest BCUT2D eigenvalue weighted by atomic mass is 9.99. The molecule has 20 heavy (non-hydrogen) atoms. The van der Waals surface area contributed by atoms with E-state index in [0.29, 0.717) is 0 Å². The third-order valence-corrected chi connectivity index (χ3v) is 3.22. The van der Waals surface area contributed by atoms with Crippen molar-refractivity contribution in [2.75, 3.05) is 13.7 Å². The van der Waals surface area contributed by atoms with Gasteiger partial charge >= 0.3 is 0 Å². The SMILES string of the molecule is CCNC(Cc1ccncc1)c1ccc(F)c(OC)c1. The molecule has 2 aromatic rings. The van der Waals surface area contributed by atoms with E-state index >= 15 is 0 Å². The Bertz CT molecular complexity index is 545. The molecule has 0 aliphatic heterocycles. The topological polar surface area (TPSA) is 34.2 Å². The van der Waals surface area contributed by atoms with Gasteiger partial charge in [-0.1, -0.05) is 13.0 Å². The van der Waals surface area contributed by atoms with Gasteiger partial charge in [-0.2, -0.15) is 0 Å². The smallest absolute Gasteiger partial charge is 0.165 e. The van der Waals surface area contributed by atoms with Crippen molar-refractivity contribution in [2.24, 2.45) is 0 Å². The van der Waals surface area contributed by atoms with Crippen molar-refractivity contribution in [3.8, 4) is 5.75 Å². The monoisotopic (exact) mass is 274 g/mol. The number of methoxy groups -OCH3 is 1. The zero-order chi connectivity index (χ0) is 14.4. The van der Waals surface area contributed by atoms with Crippen molar-refractivity contribution in [3.05, 3.63) is 59.7 Å². The van der Waals surface area contributed by atoms with E-state index in [1.807, 2.05) is 12.1 Å². The minimum absolute atomic E-state index is 0.122. The molecule has 106 valence electrons. The van der Waals surface area contributed by atoms with E-state index in [1.54, 1.807) is 24.5 Å². The molecule has 0 bridgehead atoms. The van der Waals surface area contributed by atoms with Crippen LogP contribution in [0.4, 0.5) is 4.39 Å². The van der Waals surface area contributed by atoms with Crippen LogP contribution in [0.15, 0.2) is 42.7 Å². The first-order chi connectivity index (χ1) is 9.74. The Morgan fingerprint density at radius 3 is 2.65 bits per heavy atom. The van der Waals surface area contributed by atoms with Crippen LogP contribution in [0.25, 0.3) is 0 Å². The zero-order valence-corrected chi connectivity index (χ0v) is 11.8. The number of rotatable bonds is 6. The molecule has 1 unspecified atom stereocenters. The summed E-state index contributed by atoms with van der Waals surface area (Å²) in [5.41, 5.74) is 2.20. The predicted molar refractivity (Wildman–Crippen MR) is 77.3 cm³/mol. The van der Waals surface area contributed by atoms with E-state index in [1.165, 1.54) is 18.7 Å². The Hall–Kier alpha value is -1.94. The van der Waals surface area contributed by atoms with Crippen LogP contribution in [-0.4, -0.2) is 18.6 Å². The van der Waals surface area contributed by atoms with Crippen molar-refractivity contribution >= 4 is 0 Å². The Morgan fingerprint density at radius 2 is 2.00 bits per heavy atom. The molecule has 0 aliphatic rings. The molecule has 1 aromatic heterocycles. The van der Waals surface area contributed by atoms with Gasteiger partial charge in [0.15, 0.2) is 11.6 Å². The second-order valence-electron chi connectivity index (χ2n) is 4.56. The standard InChI is InChI=1S/C16H19FN2O/c1-3-19-15(10-12-6-8-18-9-7-12)13-4-5-14(17)16(11-13)20-2/h4-9,11,15,19H,3,10H2,1-2H3. The zero-order valence-electron chi connectivity index (χ0n) is 11.8. The minimum Gasteiger partial charge on any atom is -0.494 e. The summed E-state index contributed by atoms with van der Waals surface area (Å²) in [4.78, 5) is 4.02. The molecule has 0 radical (unpaired) electrons. The molecular weight excluding hydrogens is 255 g/mol. The van der Waals surface area contributed by atoms with Crippen LogP contribution in [0, 0.1) is 5.82 Å². The largest absolute Gasteiger partial charge is 0.494 e. The van der Waals surface area contributed by atoms with Crippen LogP contribution >= 0.6 is 0 Å². The fourth-order valence-electron chi connectivity index (χ4n) is 2.20. The van der Waals surface area contributed by atoms with Crippen molar-refractivity contribution in [2.45, 2.75) is 19.4 Å². The van der Waals surface area contributed by atoms with Crippen molar-refractivity contribution in [1.29, 1.82) is 0 Å². The molecule has 1 N–H and O–H groups in total. The lowest BCUT2D eigenvalue weighted by molar-refractivity contribution is 0.384. The Balaban J connectivity index is 2.24. The van der Waals surface area contributed by atoms with Crippen LogP contribution < -0.4 is 10.1 Å². The summed E-state index contributed by atoms with van der Waals surface area (Å²) in [5.74, 6) is -0.0597. The number of aromatic nitrogens is 1. The molecule has 0 fully saturated rings. The summed E-state index contributed by atoms with van der Waals surface area (Å²) in [7, 11) is 1.48. The number of nitrogens with one attached hydrogen (secondary N) is 1. The van der Waals surface area contributed by atoms with Gasteiger partial charge in [-0.05, 0) is 48.4 Å². The van der Waals surface area contributed by atoms with Crippen LogP contribution in [0.2, 0.25) is 0 Å². The van der Waals surface area contributed by atoms with Crippen LogP contribution in [0.1, 0.15) is 24.1 Å². The van der Waals surface area contributed by atoms with Crippen molar-refractivity contribution in [3.63, 3.8) is 0 Å². The Labute approximate surface area is 118 Å². The van der Waals surface area contributed by atoms with E-state index in [-0.39, 0.29) is 17.6 Å². The van der Waals surface area contributed by atoms with E-state index in [2.05, 4.69) is 17.2 Å². The van der Waals surface area contributed by atoms with Crippen LogP contribution in [0.5, 0.6) is 5.75 Å². The third-order valence-electron chi connectivity index (χ3n) is 3.22. The molecule has 0 amide bonds. The quantitative estimate of drug-likeness (QED) is 0.878. The van der Waals surface area contributed by atoms with Gasteiger partial charge < -0.3 is 10.1 Å². The molecular formula is C16H19FN2O. The molecule has 4 heteroatoms. The number of hydrogen-bond acceptors (Lipinski definition) is 3. The molecule has 2 rings (SSSR count). The molecule has 0 saturated heterocycles. The highest BCUT2D eigenvalue weighted by Crippen LogP contribution is 2.24. The van der Waals surface area contributed by atoms with Gasteiger partial charge in [-0.25, -0.2) is 4.39 Å². The fraction of sp³-hybridized carbons (Fsp3) is 0.312. The van der Waals surface area contributed by atoms with Gasteiger partial charge in [0.25, 0.3) is 0 Å². The van der Waals surface area contributed by atoms with Crippen LogP contribution in [-0.2, 0) is 6.42 Å². The van der Waals surface area contributed by atoms with E-state index in [4.69, 9.17) is 4.74 Å². The first-order valence-corrected chi connectivity index (χ1v) is 6.70. The summed E-state index contributed by atoms with van der Waals surface area (Å²) < 4.78 is 18.5. The van der Waals surface area contributed by atoms with Gasteiger partial charge in [-0.15, -0.1) is 0 Å². The maximum Gasteiger partial charge on any atom is 0.165 e. The number of pyridine rings is 1. The maximum atomic E-state index is 13.5. The average Bonchev–Trinajstić information content (AvgIpc) is 2.48. The van der Waals surface area contributed by atoms with E-state index < -0.39 is 0 Å². The van der Waals surface area contributed by atoms with Gasteiger partial charge in [-0.3, -0.25) is 4.98 Å². The average molecular weight is 274 g/mol. The van der Waals surface area contributed by atoms with Gasteiger partial charge in [0.05, 0.1) is 7.11 Å². The molecule has 1 aromatic carbocycles. The molecule has 1 atom stereocenters. The number of hydrogen-bond donors (Lipinski definition) is 1. The lowest BCUT2D eigenvalue weighted by Crippen LogP contribution is -2.23. The molecule has 3 nitrogen and oxygen atoms in total. The summed E-state index contributed by atoms with van der Waals surface area (Å²) in [6, 6.07) is 9.11. The highest BCUT2D eigenvalue weighted by Gasteiger charge is 2.13. The predicted octanol–water partition coefficient (Wildman–Crippen LogP) is 3.12. The Morgan fingerprint density at radius 1 is 1.25 bits per heavy atom. The molecule has 1 heterocycles. The summed E-state index contributed by atoms with van der Waals surface area (Å²) in [6.07, 6.45) is 4.39. The second kappa shape index (κ2) is 7.01. The number of ether oxygens (including phenoxy) is 1. The first kappa shape index (κ1) is 14.5. The Kier molecular flexibility index (Phi) is 5.07. The normalized spacial score (nSPS) is 12.2.